The van der Waals surface area contributed by atoms with Crippen LogP contribution in [0.3, 0.4) is 0 Å². The second-order valence-electron chi connectivity index (χ2n) is 9.70. The van der Waals surface area contributed by atoms with E-state index in [1.807, 2.05) is 0 Å². The minimum absolute atomic E-state index is 0.0321. The maximum Gasteiger partial charge on any atom is 0.311 e. The zero-order valence-corrected chi connectivity index (χ0v) is 17.7. The molecule has 0 amide bonds. The topological polar surface area (TPSA) is 50.9 Å². The van der Waals surface area contributed by atoms with Gasteiger partial charge in [0.15, 0.2) is 0 Å². The number of benzene rings is 1. The van der Waals surface area contributed by atoms with Crippen LogP contribution in [0, 0.1) is 11.8 Å². The van der Waals surface area contributed by atoms with Crippen molar-refractivity contribution in [3.8, 4) is 0 Å². The minimum Gasteiger partial charge on any atom is -0.459 e. The lowest BCUT2D eigenvalue weighted by Gasteiger charge is -2.28. The molecule has 2 aliphatic heterocycles. The quantitative estimate of drug-likeness (QED) is 0.465. The summed E-state index contributed by atoms with van der Waals surface area (Å²) in [7, 11) is 0. The highest BCUT2D eigenvalue weighted by molar-refractivity contribution is 5.76. The van der Waals surface area contributed by atoms with Gasteiger partial charge in [0, 0.05) is 18.5 Å². The molecule has 156 valence electrons. The summed E-state index contributed by atoms with van der Waals surface area (Å²) < 4.78 is 12.0. The third-order valence-electron chi connectivity index (χ3n) is 7.69. The Morgan fingerprint density at radius 1 is 1.21 bits per heavy atom. The minimum atomic E-state index is -0.123. The van der Waals surface area contributed by atoms with Gasteiger partial charge in [0.1, 0.15) is 12.2 Å². The molecule has 2 aliphatic carbocycles. The summed E-state index contributed by atoms with van der Waals surface area (Å²) in [5.74, 6) is 0.132. The molecule has 2 heterocycles. The van der Waals surface area contributed by atoms with Gasteiger partial charge in [0.05, 0.1) is 11.5 Å². The van der Waals surface area contributed by atoms with Crippen molar-refractivity contribution < 1.29 is 14.3 Å². The first-order chi connectivity index (χ1) is 14.0. The van der Waals surface area contributed by atoms with Gasteiger partial charge in [-0.1, -0.05) is 35.9 Å². The van der Waals surface area contributed by atoms with E-state index in [2.05, 4.69) is 49.5 Å². The second-order valence-corrected chi connectivity index (χ2v) is 9.70. The lowest BCUT2D eigenvalue weighted by Crippen LogP contribution is -2.36. The number of nitrogens with one attached hydrogen (secondary N) is 1. The first kappa shape index (κ1) is 19.3. The number of hydrogen-bond acceptors (Lipinski definition) is 4. The van der Waals surface area contributed by atoms with E-state index >= 15 is 0 Å². The molecular formula is C25H33NO3. The highest BCUT2D eigenvalue weighted by Gasteiger charge is 2.62. The number of carbonyl (C=O) groups excluding carboxylic acids is 1. The Hall–Kier alpha value is -1.65. The van der Waals surface area contributed by atoms with Gasteiger partial charge in [-0.2, -0.15) is 0 Å². The zero-order valence-electron chi connectivity index (χ0n) is 17.7. The van der Waals surface area contributed by atoms with Crippen molar-refractivity contribution in [3.05, 3.63) is 47.0 Å². The first-order valence-corrected chi connectivity index (χ1v) is 11.4. The Balaban J connectivity index is 1.32. The monoisotopic (exact) mass is 395 g/mol. The molecule has 29 heavy (non-hydrogen) atoms. The van der Waals surface area contributed by atoms with Crippen LogP contribution < -0.4 is 5.32 Å². The van der Waals surface area contributed by atoms with Crippen molar-refractivity contribution >= 4 is 5.97 Å². The fourth-order valence-corrected chi connectivity index (χ4v) is 5.81. The molecule has 6 atom stereocenters. The van der Waals surface area contributed by atoms with Crippen LogP contribution >= 0.6 is 0 Å². The predicted octanol–water partition coefficient (Wildman–Crippen LogP) is 4.49. The van der Waals surface area contributed by atoms with Gasteiger partial charge < -0.3 is 14.8 Å². The summed E-state index contributed by atoms with van der Waals surface area (Å²) in [6, 6.07) is 9.08. The van der Waals surface area contributed by atoms with E-state index in [4.69, 9.17) is 9.47 Å². The van der Waals surface area contributed by atoms with E-state index < -0.39 is 0 Å². The van der Waals surface area contributed by atoms with Gasteiger partial charge in [0.2, 0.25) is 0 Å². The molecule has 0 aromatic heterocycles. The molecule has 4 nitrogen and oxygen atoms in total. The Morgan fingerprint density at radius 3 is 2.97 bits per heavy atom. The summed E-state index contributed by atoms with van der Waals surface area (Å²) in [6.45, 7) is 5.09. The van der Waals surface area contributed by atoms with E-state index in [1.165, 1.54) is 23.1 Å². The molecule has 0 bridgehead atoms. The molecule has 1 N–H and O–H groups in total. The number of carbonyl (C=O) groups is 1. The molecule has 2 fully saturated rings. The normalized spacial score (nSPS) is 38.9. The largest absolute Gasteiger partial charge is 0.459 e. The van der Waals surface area contributed by atoms with Crippen LogP contribution in [-0.2, 0) is 20.7 Å². The van der Waals surface area contributed by atoms with Crippen molar-refractivity contribution in [2.75, 3.05) is 6.54 Å². The smallest absolute Gasteiger partial charge is 0.311 e. The van der Waals surface area contributed by atoms with Crippen LogP contribution in [0.15, 0.2) is 35.9 Å². The predicted molar refractivity (Wildman–Crippen MR) is 112 cm³/mol. The molecule has 0 saturated carbocycles. The van der Waals surface area contributed by atoms with E-state index in [0.717, 1.165) is 38.5 Å². The van der Waals surface area contributed by atoms with Gasteiger partial charge in [-0.15, -0.1) is 0 Å². The Kier molecular flexibility index (Phi) is 5.03. The number of epoxide rings is 1. The summed E-state index contributed by atoms with van der Waals surface area (Å²) in [5.41, 5.74) is 4.16. The molecule has 5 rings (SSSR count). The summed E-state index contributed by atoms with van der Waals surface area (Å²) in [4.78, 5) is 12.9. The lowest BCUT2D eigenvalue weighted by molar-refractivity contribution is -0.144. The maximum absolute atomic E-state index is 12.9. The Morgan fingerprint density at radius 2 is 2.07 bits per heavy atom. The zero-order chi connectivity index (χ0) is 20.0. The van der Waals surface area contributed by atoms with Crippen molar-refractivity contribution in [3.63, 3.8) is 0 Å². The fourth-order valence-electron chi connectivity index (χ4n) is 5.81. The van der Waals surface area contributed by atoms with E-state index in [1.54, 1.807) is 0 Å². The summed E-state index contributed by atoms with van der Waals surface area (Å²) in [5, 5.41) is 3.74. The van der Waals surface area contributed by atoms with Crippen LogP contribution in [0.4, 0.5) is 0 Å². The Labute approximate surface area is 174 Å². The summed E-state index contributed by atoms with van der Waals surface area (Å²) in [6.07, 6.45) is 9.96. The molecule has 1 aromatic carbocycles. The number of allylic oxidation sites excluding steroid dienone is 2. The number of esters is 1. The van der Waals surface area contributed by atoms with Crippen LogP contribution in [0.1, 0.15) is 69.5 Å². The SMILES string of the molecule is CC1=CCC[C@@]2(C)O[C@H]2[C@H]2OC(=O)[C@@H](CN[C@H]3CCCc4ccccc43)[C@@H]2CC1. The first-order valence-electron chi connectivity index (χ1n) is 11.4. The maximum atomic E-state index is 12.9. The van der Waals surface area contributed by atoms with Crippen molar-refractivity contribution in [1.82, 2.24) is 5.32 Å². The van der Waals surface area contributed by atoms with E-state index in [0.29, 0.717) is 12.6 Å². The van der Waals surface area contributed by atoms with E-state index in [-0.39, 0.29) is 35.6 Å². The summed E-state index contributed by atoms with van der Waals surface area (Å²) >= 11 is 0. The fraction of sp³-hybridized carbons (Fsp3) is 0.640. The van der Waals surface area contributed by atoms with Crippen LogP contribution in [0.5, 0.6) is 0 Å². The molecule has 4 heteroatoms. The van der Waals surface area contributed by atoms with E-state index in [9.17, 15) is 4.79 Å². The lowest BCUT2D eigenvalue weighted by atomic mass is 9.80. The van der Waals surface area contributed by atoms with Crippen LogP contribution in [0.2, 0.25) is 0 Å². The average Bonchev–Trinajstić information content (AvgIpc) is 3.28. The number of aryl methyl sites for hydroxylation is 1. The van der Waals surface area contributed by atoms with Crippen molar-refractivity contribution in [2.45, 2.75) is 82.6 Å². The van der Waals surface area contributed by atoms with Crippen LogP contribution in [0.25, 0.3) is 0 Å². The molecule has 2 saturated heterocycles. The molecule has 4 aliphatic rings. The van der Waals surface area contributed by atoms with Gasteiger partial charge >= 0.3 is 5.97 Å². The number of ether oxygens (including phenoxy) is 2. The third-order valence-corrected chi connectivity index (χ3v) is 7.69. The molecular weight excluding hydrogens is 362 g/mol. The highest BCUT2D eigenvalue weighted by Crippen LogP contribution is 2.50. The van der Waals surface area contributed by atoms with Crippen LogP contribution in [-0.4, -0.2) is 30.3 Å². The molecule has 0 radical (unpaired) electrons. The molecule has 0 unspecified atom stereocenters. The van der Waals surface area contributed by atoms with Crippen molar-refractivity contribution in [2.24, 2.45) is 11.8 Å². The van der Waals surface area contributed by atoms with Gasteiger partial charge in [0.25, 0.3) is 0 Å². The molecule has 1 aromatic rings. The standard InChI is InChI=1S/C25H33NO3/c1-16-7-6-14-25(2)23(29-25)22-19(13-12-16)20(24(27)28-22)15-26-21-11-5-9-17-8-3-4-10-18(17)21/h3-4,7-8,10,19-23,26H,5-6,9,11-15H2,1-2H3/t19-,20-,21-,22-,23-,25+/m0/s1. The van der Waals surface area contributed by atoms with Crippen molar-refractivity contribution in [1.29, 1.82) is 0 Å². The number of hydrogen-bond donors (Lipinski definition) is 1. The Bertz CT molecular complexity index is 818. The van der Waals surface area contributed by atoms with Gasteiger partial charge in [-0.3, -0.25) is 4.79 Å². The van der Waals surface area contributed by atoms with Gasteiger partial charge in [-0.25, -0.2) is 0 Å². The molecule has 0 spiro atoms. The average molecular weight is 396 g/mol. The third kappa shape index (κ3) is 3.66. The number of rotatable bonds is 3. The highest BCUT2D eigenvalue weighted by atomic mass is 16.6. The number of fused-ring (bicyclic) bond motifs is 4. The van der Waals surface area contributed by atoms with Gasteiger partial charge in [-0.05, 0) is 69.9 Å². The second kappa shape index (κ2) is 7.55.